The topological polar surface area (TPSA) is 44.1 Å². The molecule has 1 heterocycles. The molecule has 0 aliphatic carbocycles. The van der Waals surface area contributed by atoms with Crippen molar-refractivity contribution < 1.29 is 4.74 Å². The van der Waals surface area contributed by atoms with Crippen LogP contribution in [-0.2, 0) is 6.42 Å². The van der Waals surface area contributed by atoms with Crippen LogP contribution in [0.4, 0.5) is 0 Å². The molecule has 2 rings (SSSR count). The maximum absolute atomic E-state index is 12.3. The van der Waals surface area contributed by atoms with Gasteiger partial charge in [0.15, 0.2) is 0 Å². The molecule has 0 fully saturated rings. The number of aryl methyl sites for hydroxylation is 1. The Kier molecular flexibility index (Phi) is 4.37. The van der Waals surface area contributed by atoms with Crippen LogP contribution in [0.25, 0.3) is 5.69 Å². The minimum Gasteiger partial charge on any atom is -0.497 e. The smallest absolute Gasteiger partial charge is 0.272 e. The van der Waals surface area contributed by atoms with Crippen molar-refractivity contribution in [2.45, 2.75) is 19.8 Å². The van der Waals surface area contributed by atoms with E-state index >= 15 is 0 Å². The van der Waals surface area contributed by atoms with Crippen molar-refractivity contribution in [3.05, 3.63) is 51.1 Å². The number of ether oxygens (including phenoxy) is 1. The molecule has 0 spiro atoms. The molecule has 1 aromatic carbocycles. The summed E-state index contributed by atoms with van der Waals surface area (Å²) in [7, 11) is 1.61. The van der Waals surface area contributed by atoms with Gasteiger partial charge in [-0.1, -0.05) is 13.3 Å². The van der Waals surface area contributed by atoms with Crippen LogP contribution in [0.1, 0.15) is 19.0 Å². The number of hydrogen-bond donors (Lipinski definition) is 0. The lowest BCUT2D eigenvalue weighted by Gasteiger charge is -2.09. The second-order valence-electron chi connectivity index (χ2n) is 4.13. The molecule has 4 nitrogen and oxygen atoms in total. The summed E-state index contributed by atoms with van der Waals surface area (Å²) in [4.78, 5) is 16.6. The normalized spacial score (nSPS) is 10.5. The van der Waals surface area contributed by atoms with E-state index in [9.17, 15) is 4.79 Å². The Morgan fingerprint density at radius 3 is 2.58 bits per heavy atom. The summed E-state index contributed by atoms with van der Waals surface area (Å²) in [6.45, 7) is 2.06. The third kappa shape index (κ3) is 2.87. The molecule has 0 saturated heterocycles. The van der Waals surface area contributed by atoms with Crippen LogP contribution in [0.3, 0.4) is 0 Å². The van der Waals surface area contributed by atoms with Crippen LogP contribution < -0.4 is 10.3 Å². The highest BCUT2D eigenvalue weighted by atomic mass is 79.9. The summed E-state index contributed by atoms with van der Waals surface area (Å²) in [5, 5.41) is 0. The van der Waals surface area contributed by atoms with E-state index in [0.717, 1.165) is 30.0 Å². The molecule has 5 heteroatoms. The minimum absolute atomic E-state index is 0.0939. The molecule has 0 N–H and O–H groups in total. The largest absolute Gasteiger partial charge is 0.497 e. The van der Waals surface area contributed by atoms with Crippen LogP contribution in [0.15, 0.2) is 39.9 Å². The Balaban J connectivity index is 2.45. The quantitative estimate of drug-likeness (QED) is 0.869. The zero-order chi connectivity index (χ0) is 13.8. The van der Waals surface area contributed by atoms with Gasteiger partial charge in [0.1, 0.15) is 16.5 Å². The van der Waals surface area contributed by atoms with Crippen LogP contribution in [-0.4, -0.2) is 16.7 Å². The first kappa shape index (κ1) is 13.8. The molecule has 2 aromatic rings. The summed E-state index contributed by atoms with van der Waals surface area (Å²) in [6.07, 6.45) is 3.32. The molecule has 0 atom stereocenters. The first-order valence-corrected chi connectivity index (χ1v) is 6.87. The summed E-state index contributed by atoms with van der Waals surface area (Å²) < 4.78 is 7.15. The molecule has 0 amide bonds. The van der Waals surface area contributed by atoms with Gasteiger partial charge in [-0.05, 0) is 46.6 Å². The van der Waals surface area contributed by atoms with E-state index in [-0.39, 0.29) is 5.56 Å². The van der Waals surface area contributed by atoms with Crippen LogP contribution in [0, 0.1) is 0 Å². The van der Waals surface area contributed by atoms with Crippen LogP contribution in [0.2, 0.25) is 0 Å². The SMILES string of the molecule is CCCc1ncn(-c2ccc(OC)cc2)c(=O)c1Br. The second-order valence-corrected chi connectivity index (χ2v) is 4.92. The molecular weight excluding hydrogens is 308 g/mol. The predicted octanol–water partition coefficient (Wildman–Crippen LogP) is 2.96. The molecule has 0 saturated carbocycles. The summed E-state index contributed by atoms with van der Waals surface area (Å²) in [6, 6.07) is 7.28. The van der Waals surface area contributed by atoms with Crippen LogP contribution in [0.5, 0.6) is 5.75 Å². The van der Waals surface area contributed by atoms with Crippen molar-refractivity contribution in [1.29, 1.82) is 0 Å². The van der Waals surface area contributed by atoms with Crippen molar-refractivity contribution in [2.75, 3.05) is 7.11 Å². The standard InChI is InChI=1S/C14H15BrN2O2/c1-3-4-12-13(15)14(18)17(9-16-12)10-5-7-11(19-2)8-6-10/h5-9H,3-4H2,1-2H3. The average Bonchev–Trinajstić information content (AvgIpc) is 2.45. The Hall–Kier alpha value is -1.62. The number of aromatic nitrogens is 2. The molecule has 0 bridgehead atoms. The number of rotatable bonds is 4. The summed E-state index contributed by atoms with van der Waals surface area (Å²) in [5.41, 5.74) is 1.47. The van der Waals surface area contributed by atoms with E-state index in [2.05, 4.69) is 27.8 Å². The van der Waals surface area contributed by atoms with Gasteiger partial charge in [-0.15, -0.1) is 0 Å². The third-order valence-electron chi connectivity index (χ3n) is 2.83. The molecule has 0 aliphatic heterocycles. The maximum atomic E-state index is 12.3. The van der Waals surface area contributed by atoms with Crippen molar-refractivity contribution >= 4 is 15.9 Å². The van der Waals surface area contributed by atoms with Crippen molar-refractivity contribution in [2.24, 2.45) is 0 Å². The Labute approximate surface area is 120 Å². The van der Waals surface area contributed by atoms with Gasteiger partial charge in [0.25, 0.3) is 5.56 Å². The number of benzene rings is 1. The monoisotopic (exact) mass is 322 g/mol. The van der Waals surface area contributed by atoms with Gasteiger partial charge in [0.05, 0.1) is 18.5 Å². The lowest BCUT2D eigenvalue weighted by atomic mass is 10.2. The molecule has 1 aromatic heterocycles. The molecular formula is C14H15BrN2O2. The van der Waals surface area contributed by atoms with Crippen molar-refractivity contribution in [3.8, 4) is 11.4 Å². The lowest BCUT2D eigenvalue weighted by molar-refractivity contribution is 0.414. The third-order valence-corrected chi connectivity index (χ3v) is 3.62. The van der Waals surface area contributed by atoms with Gasteiger partial charge in [0.2, 0.25) is 0 Å². The molecule has 19 heavy (non-hydrogen) atoms. The lowest BCUT2D eigenvalue weighted by Crippen LogP contribution is -2.21. The van der Waals surface area contributed by atoms with E-state index in [1.807, 2.05) is 24.3 Å². The zero-order valence-corrected chi connectivity index (χ0v) is 12.5. The zero-order valence-electron chi connectivity index (χ0n) is 10.9. The highest BCUT2D eigenvalue weighted by molar-refractivity contribution is 9.10. The van der Waals surface area contributed by atoms with Gasteiger partial charge in [-0.2, -0.15) is 0 Å². The van der Waals surface area contributed by atoms with Crippen molar-refractivity contribution in [1.82, 2.24) is 9.55 Å². The molecule has 0 unspecified atom stereocenters. The Morgan fingerprint density at radius 2 is 2.00 bits per heavy atom. The average molecular weight is 323 g/mol. The maximum Gasteiger partial charge on any atom is 0.272 e. The van der Waals surface area contributed by atoms with E-state index in [1.165, 1.54) is 4.57 Å². The first-order chi connectivity index (χ1) is 9.17. The fourth-order valence-corrected chi connectivity index (χ4v) is 2.30. The fourth-order valence-electron chi connectivity index (χ4n) is 1.80. The van der Waals surface area contributed by atoms with Gasteiger partial charge in [-0.3, -0.25) is 9.36 Å². The number of methoxy groups -OCH3 is 1. The molecule has 100 valence electrons. The van der Waals surface area contributed by atoms with E-state index < -0.39 is 0 Å². The molecule has 0 radical (unpaired) electrons. The van der Waals surface area contributed by atoms with E-state index in [1.54, 1.807) is 13.4 Å². The Bertz CT molecular complexity index is 620. The van der Waals surface area contributed by atoms with Gasteiger partial charge in [-0.25, -0.2) is 4.98 Å². The first-order valence-electron chi connectivity index (χ1n) is 6.07. The summed E-state index contributed by atoms with van der Waals surface area (Å²) in [5.74, 6) is 0.756. The predicted molar refractivity (Wildman–Crippen MR) is 78.1 cm³/mol. The number of nitrogens with zero attached hydrogens (tertiary/aromatic N) is 2. The van der Waals surface area contributed by atoms with Crippen LogP contribution >= 0.6 is 15.9 Å². The van der Waals surface area contributed by atoms with Gasteiger partial charge < -0.3 is 4.74 Å². The van der Waals surface area contributed by atoms with Gasteiger partial charge >= 0.3 is 0 Å². The van der Waals surface area contributed by atoms with E-state index in [4.69, 9.17) is 4.74 Å². The fraction of sp³-hybridized carbons (Fsp3) is 0.286. The second kappa shape index (κ2) is 6.02. The van der Waals surface area contributed by atoms with Crippen molar-refractivity contribution in [3.63, 3.8) is 0 Å². The number of halogens is 1. The Morgan fingerprint density at radius 1 is 1.32 bits per heavy atom. The highest BCUT2D eigenvalue weighted by Crippen LogP contribution is 2.16. The van der Waals surface area contributed by atoms with E-state index in [0.29, 0.717) is 4.47 Å². The number of hydrogen-bond acceptors (Lipinski definition) is 3. The molecule has 0 aliphatic rings. The minimum atomic E-state index is -0.0939. The van der Waals surface area contributed by atoms with Gasteiger partial charge in [0, 0.05) is 0 Å². The highest BCUT2D eigenvalue weighted by Gasteiger charge is 2.09. The summed E-state index contributed by atoms with van der Waals surface area (Å²) >= 11 is 3.34.